The third-order valence-corrected chi connectivity index (χ3v) is 3.57. The van der Waals surface area contributed by atoms with E-state index >= 15 is 0 Å². The van der Waals surface area contributed by atoms with Crippen LogP contribution in [0.5, 0.6) is 0 Å². The molecular formula is C13H19BN2O2. The lowest BCUT2D eigenvalue weighted by atomic mass is 9.83. The van der Waals surface area contributed by atoms with Gasteiger partial charge in [-0.2, -0.15) is 5.10 Å². The quantitative estimate of drug-likeness (QED) is 0.814. The fourth-order valence-corrected chi connectivity index (χ4v) is 1.53. The molecule has 18 heavy (non-hydrogen) atoms. The minimum absolute atomic E-state index is 0.435. The van der Waals surface area contributed by atoms with Crippen LogP contribution in [0.25, 0.3) is 5.52 Å². The van der Waals surface area contributed by atoms with Gasteiger partial charge in [-0.3, -0.25) is 0 Å². The first-order valence-electron chi connectivity index (χ1n) is 6.09. The fourth-order valence-electron chi connectivity index (χ4n) is 1.53. The lowest BCUT2D eigenvalue weighted by molar-refractivity contribution is -0.0893. The van der Waals surface area contributed by atoms with Gasteiger partial charge in [0.1, 0.15) is 0 Å². The third-order valence-electron chi connectivity index (χ3n) is 3.57. The van der Waals surface area contributed by atoms with Gasteiger partial charge in [0.15, 0.2) is 0 Å². The van der Waals surface area contributed by atoms with E-state index in [2.05, 4.69) is 5.10 Å². The number of hydrogen-bond donors (Lipinski definition) is 1. The van der Waals surface area contributed by atoms with E-state index < -0.39 is 11.2 Å². The Kier molecular flexibility index (Phi) is 3.21. The molecule has 2 heterocycles. The number of pyridine rings is 1. The summed E-state index contributed by atoms with van der Waals surface area (Å²) in [6.45, 7) is 7.28. The van der Waals surface area contributed by atoms with Crippen molar-refractivity contribution in [1.29, 1.82) is 0 Å². The molecule has 1 N–H and O–H groups in total. The lowest BCUT2D eigenvalue weighted by Crippen LogP contribution is -2.49. The molecule has 5 heteroatoms. The highest BCUT2D eigenvalue weighted by atomic mass is 16.5. The third kappa shape index (κ3) is 2.42. The minimum atomic E-state index is -0.893. The molecule has 4 nitrogen and oxygen atoms in total. The Bertz CT molecular complexity index is 543. The SMILES string of the molecule is CC(C)(O)C(C)(C)OBc1cnn2ccccc12. The molecule has 0 amide bonds. The second kappa shape index (κ2) is 4.41. The number of aliphatic hydroxyl groups is 1. The van der Waals surface area contributed by atoms with Crippen molar-refractivity contribution >= 4 is 18.5 Å². The van der Waals surface area contributed by atoms with Gasteiger partial charge in [-0.1, -0.05) is 6.07 Å². The molecular weight excluding hydrogens is 227 g/mol. The van der Waals surface area contributed by atoms with Crippen LogP contribution in [0.15, 0.2) is 30.6 Å². The van der Waals surface area contributed by atoms with E-state index in [1.807, 2.05) is 42.8 Å². The molecule has 0 atom stereocenters. The summed E-state index contributed by atoms with van der Waals surface area (Å²) < 4.78 is 7.66. The van der Waals surface area contributed by atoms with Crippen LogP contribution in [0.3, 0.4) is 0 Å². The van der Waals surface area contributed by atoms with Crippen LogP contribution in [0.2, 0.25) is 0 Å². The normalized spacial score (nSPS) is 12.9. The molecule has 0 unspecified atom stereocenters. The number of nitrogens with zero attached hydrogens (tertiary/aromatic N) is 2. The maximum Gasteiger partial charge on any atom is 0.313 e. The zero-order valence-corrected chi connectivity index (χ0v) is 11.3. The molecule has 0 aliphatic heterocycles. The molecule has 0 fully saturated rings. The number of rotatable bonds is 4. The summed E-state index contributed by atoms with van der Waals surface area (Å²) in [5.41, 5.74) is 0.545. The summed E-state index contributed by atoms with van der Waals surface area (Å²) in [4.78, 5) is 0. The molecule has 0 bridgehead atoms. The Hall–Kier alpha value is -1.33. The van der Waals surface area contributed by atoms with E-state index in [4.69, 9.17) is 4.65 Å². The van der Waals surface area contributed by atoms with Crippen molar-refractivity contribution in [2.24, 2.45) is 0 Å². The molecule has 0 radical (unpaired) electrons. The lowest BCUT2D eigenvalue weighted by Gasteiger charge is -2.37. The largest absolute Gasteiger partial charge is 0.427 e. The van der Waals surface area contributed by atoms with Crippen molar-refractivity contribution < 1.29 is 9.76 Å². The first-order chi connectivity index (χ1) is 8.31. The van der Waals surface area contributed by atoms with Crippen molar-refractivity contribution in [1.82, 2.24) is 9.61 Å². The van der Waals surface area contributed by atoms with Crippen LogP contribution in [0, 0.1) is 0 Å². The highest BCUT2D eigenvalue weighted by Crippen LogP contribution is 2.24. The van der Waals surface area contributed by atoms with Crippen molar-refractivity contribution in [2.75, 3.05) is 0 Å². The summed E-state index contributed by atoms with van der Waals surface area (Å²) >= 11 is 0. The predicted octanol–water partition coefficient (Wildman–Crippen LogP) is 0.877. The van der Waals surface area contributed by atoms with E-state index in [0.717, 1.165) is 11.0 Å². The van der Waals surface area contributed by atoms with Crippen LogP contribution >= 0.6 is 0 Å². The average Bonchev–Trinajstić information content (AvgIpc) is 2.68. The van der Waals surface area contributed by atoms with Crippen molar-refractivity contribution in [3.05, 3.63) is 30.6 Å². The summed E-state index contributed by atoms with van der Waals surface area (Å²) in [7, 11) is 0.435. The number of aromatic nitrogens is 2. The molecule has 0 spiro atoms. The zero-order chi connectivity index (χ0) is 13.4. The Labute approximate surface area is 108 Å². The first-order valence-corrected chi connectivity index (χ1v) is 6.09. The van der Waals surface area contributed by atoms with Gasteiger partial charge in [0.05, 0.1) is 16.7 Å². The molecule has 2 aromatic rings. The summed E-state index contributed by atoms with van der Waals surface area (Å²) in [6.07, 6.45) is 3.70. The maximum absolute atomic E-state index is 10.0. The van der Waals surface area contributed by atoms with Gasteiger partial charge >= 0.3 is 7.48 Å². The van der Waals surface area contributed by atoms with Crippen molar-refractivity contribution in [2.45, 2.75) is 38.9 Å². The summed E-state index contributed by atoms with van der Waals surface area (Å²) in [5.74, 6) is 0. The van der Waals surface area contributed by atoms with Gasteiger partial charge in [-0.15, -0.1) is 0 Å². The van der Waals surface area contributed by atoms with Gasteiger partial charge in [0, 0.05) is 12.4 Å². The molecule has 0 aliphatic rings. The Balaban J connectivity index is 2.16. The molecule has 0 saturated carbocycles. The Morgan fingerprint density at radius 1 is 1.28 bits per heavy atom. The highest BCUT2D eigenvalue weighted by Gasteiger charge is 2.35. The second-order valence-corrected chi connectivity index (χ2v) is 5.56. The molecule has 2 aromatic heterocycles. The van der Waals surface area contributed by atoms with Crippen molar-refractivity contribution in [3.8, 4) is 0 Å². The molecule has 96 valence electrons. The monoisotopic (exact) mass is 246 g/mol. The van der Waals surface area contributed by atoms with E-state index in [1.165, 1.54) is 0 Å². The Morgan fingerprint density at radius 3 is 2.67 bits per heavy atom. The van der Waals surface area contributed by atoms with Gasteiger partial charge in [-0.25, -0.2) is 4.52 Å². The highest BCUT2D eigenvalue weighted by molar-refractivity contribution is 6.50. The zero-order valence-electron chi connectivity index (χ0n) is 11.3. The second-order valence-electron chi connectivity index (χ2n) is 5.56. The Morgan fingerprint density at radius 2 is 2.00 bits per heavy atom. The van der Waals surface area contributed by atoms with Gasteiger partial charge in [0.2, 0.25) is 0 Å². The van der Waals surface area contributed by atoms with Gasteiger partial charge < -0.3 is 9.76 Å². The maximum atomic E-state index is 10.0. The smallest absolute Gasteiger partial charge is 0.313 e. The predicted molar refractivity (Wildman–Crippen MR) is 73.4 cm³/mol. The fraction of sp³-hybridized carbons (Fsp3) is 0.462. The van der Waals surface area contributed by atoms with E-state index in [0.29, 0.717) is 7.48 Å². The molecule has 0 aliphatic carbocycles. The molecule has 0 saturated heterocycles. The van der Waals surface area contributed by atoms with Gasteiger partial charge in [-0.05, 0) is 45.3 Å². The van der Waals surface area contributed by atoms with Crippen molar-refractivity contribution in [3.63, 3.8) is 0 Å². The van der Waals surface area contributed by atoms with Crippen LogP contribution in [-0.4, -0.2) is 33.4 Å². The molecule has 2 rings (SSSR count). The standard InChI is InChI=1S/C13H19BN2O2/c1-12(2,17)13(3,4)18-14-10-9-15-16-8-6-5-7-11(10)16/h5-9,14,17H,1-4H3. The van der Waals surface area contributed by atoms with Crippen LogP contribution in [-0.2, 0) is 4.65 Å². The number of fused-ring (bicyclic) bond motifs is 1. The minimum Gasteiger partial charge on any atom is -0.427 e. The summed E-state index contributed by atoms with van der Waals surface area (Å²) in [5, 5.41) is 14.3. The first kappa shape index (κ1) is 13.1. The van der Waals surface area contributed by atoms with Gasteiger partial charge in [0.25, 0.3) is 0 Å². The van der Waals surface area contributed by atoms with E-state index in [9.17, 15) is 5.11 Å². The number of hydrogen-bond acceptors (Lipinski definition) is 3. The van der Waals surface area contributed by atoms with Crippen LogP contribution in [0.1, 0.15) is 27.7 Å². The van der Waals surface area contributed by atoms with Crippen LogP contribution < -0.4 is 5.46 Å². The summed E-state index contributed by atoms with van der Waals surface area (Å²) in [6, 6.07) is 5.91. The topological polar surface area (TPSA) is 46.8 Å². The van der Waals surface area contributed by atoms with E-state index in [-0.39, 0.29) is 0 Å². The van der Waals surface area contributed by atoms with Crippen LogP contribution in [0.4, 0.5) is 0 Å². The molecule has 0 aromatic carbocycles. The average molecular weight is 246 g/mol. The van der Waals surface area contributed by atoms with E-state index in [1.54, 1.807) is 20.0 Å².